The zero-order chi connectivity index (χ0) is 12.9. The summed E-state index contributed by atoms with van der Waals surface area (Å²) in [4.78, 5) is 4.30. The van der Waals surface area contributed by atoms with Crippen LogP contribution in [0.2, 0.25) is 0 Å². The van der Waals surface area contributed by atoms with E-state index in [1.807, 2.05) is 5.38 Å². The lowest BCUT2D eigenvalue weighted by Gasteiger charge is -2.07. The van der Waals surface area contributed by atoms with E-state index in [0.717, 1.165) is 17.8 Å². The molecule has 0 aliphatic carbocycles. The van der Waals surface area contributed by atoms with E-state index in [9.17, 15) is 8.42 Å². The minimum atomic E-state index is -3.16. The molecule has 1 N–H and O–H groups in total. The van der Waals surface area contributed by atoms with Crippen molar-refractivity contribution < 1.29 is 13.5 Å². The first-order valence-electron chi connectivity index (χ1n) is 5.71. The van der Waals surface area contributed by atoms with Crippen molar-refractivity contribution in [2.75, 3.05) is 12.4 Å². The van der Waals surface area contributed by atoms with E-state index in [2.05, 4.69) is 11.9 Å². The molecule has 98 valence electrons. The van der Waals surface area contributed by atoms with Gasteiger partial charge in [-0.05, 0) is 18.8 Å². The summed E-state index contributed by atoms with van der Waals surface area (Å²) in [7, 11) is -3.16. The van der Waals surface area contributed by atoms with Gasteiger partial charge in [0.15, 0.2) is 9.84 Å². The number of nitrogens with zero attached hydrogens (tertiary/aromatic N) is 1. The molecule has 4 nitrogen and oxygen atoms in total. The van der Waals surface area contributed by atoms with Gasteiger partial charge in [-0.1, -0.05) is 13.8 Å². The molecule has 1 heterocycles. The first kappa shape index (κ1) is 14.6. The van der Waals surface area contributed by atoms with Crippen LogP contribution in [0.4, 0.5) is 0 Å². The quantitative estimate of drug-likeness (QED) is 0.822. The van der Waals surface area contributed by atoms with E-state index in [1.54, 1.807) is 6.92 Å². The molecule has 0 amide bonds. The van der Waals surface area contributed by atoms with E-state index in [-0.39, 0.29) is 24.0 Å². The lowest BCUT2D eigenvalue weighted by Crippen LogP contribution is -2.18. The van der Waals surface area contributed by atoms with Crippen LogP contribution >= 0.6 is 11.3 Å². The lowest BCUT2D eigenvalue weighted by atomic mass is 10.2. The molecule has 1 aromatic rings. The SMILES string of the molecule is CCCc1nc(CS(=O)(=O)CC(C)CO)cs1. The molecule has 0 saturated heterocycles. The fourth-order valence-corrected chi connectivity index (χ4v) is 4.21. The van der Waals surface area contributed by atoms with Gasteiger partial charge in [0.1, 0.15) is 0 Å². The van der Waals surface area contributed by atoms with E-state index in [0.29, 0.717) is 5.69 Å². The van der Waals surface area contributed by atoms with Crippen LogP contribution in [0.5, 0.6) is 0 Å². The normalized spacial score (nSPS) is 13.8. The molecule has 0 aliphatic heterocycles. The van der Waals surface area contributed by atoms with Crippen molar-refractivity contribution in [2.24, 2.45) is 5.92 Å². The Morgan fingerprint density at radius 1 is 1.53 bits per heavy atom. The summed E-state index contributed by atoms with van der Waals surface area (Å²) in [6.45, 7) is 3.69. The number of aryl methyl sites for hydroxylation is 1. The maximum Gasteiger partial charge on any atom is 0.156 e. The monoisotopic (exact) mass is 277 g/mol. The third-order valence-corrected chi connectivity index (χ3v) is 5.05. The van der Waals surface area contributed by atoms with Crippen molar-refractivity contribution in [3.63, 3.8) is 0 Å². The zero-order valence-electron chi connectivity index (χ0n) is 10.2. The third-order valence-electron chi connectivity index (χ3n) is 2.28. The number of hydrogen-bond acceptors (Lipinski definition) is 5. The lowest BCUT2D eigenvalue weighted by molar-refractivity contribution is 0.249. The first-order chi connectivity index (χ1) is 7.96. The van der Waals surface area contributed by atoms with Gasteiger partial charge in [0.05, 0.1) is 22.2 Å². The second kappa shape index (κ2) is 6.47. The Bertz CT molecular complexity index is 439. The Labute approximate surface area is 107 Å². The summed E-state index contributed by atoms with van der Waals surface area (Å²) in [5.41, 5.74) is 0.628. The third kappa shape index (κ3) is 5.14. The summed E-state index contributed by atoms with van der Waals surface area (Å²) >= 11 is 1.51. The minimum absolute atomic E-state index is 0.0163. The van der Waals surface area contributed by atoms with E-state index in [4.69, 9.17) is 5.11 Å². The first-order valence-corrected chi connectivity index (χ1v) is 8.41. The molecule has 0 spiro atoms. The van der Waals surface area contributed by atoms with Crippen molar-refractivity contribution in [2.45, 2.75) is 32.4 Å². The number of sulfone groups is 1. The van der Waals surface area contributed by atoms with Gasteiger partial charge in [-0.15, -0.1) is 11.3 Å². The summed E-state index contributed by atoms with van der Waals surface area (Å²) < 4.78 is 23.6. The van der Waals surface area contributed by atoms with Crippen LogP contribution in [0, 0.1) is 5.92 Å². The van der Waals surface area contributed by atoms with Crippen molar-refractivity contribution in [1.29, 1.82) is 0 Å². The van der Waals surface area contributed by atoms with Crippen molar-refractivity contribution in [1.82, 2.24) is 4.98 Å². The van der Waals surface area contributed by atoms with Gasteiger partial charge in [-0.3, -0.25) is 0 Å². The fraction of sp³-hybridized carbons (Fsp3) is 0.727. The fourth-order valence-electron chi connectivity index (χ4n) is 1.51. The topological polar surface area (TPSA) is 67.3 Å². The van der Waals surface area contributed by atoms with Gasteiger partial charge in [-0.25, -0.2) is 13.4 Å². The molecule has 1 rings (SSSR count). The largest absolute Gasteiger partial charge is 0.396 e. The highest BCUT2D eigenvalue weighted by atomic mass is 32.2. The molecule has 0 aromatic carbocycles. The molecule has 1 atom stereocenters. The number of hydrogen-bond donors (Lipinski definition) is 1. The molecule has 17 heavy (non-hydrogen) atoms. The van der Waals surface area contributed by atoms with E-state index in [1.165, 1.54) is 11.3 Å². The highest BCUT2D eigenvalue weighted by Gasteiger charge is 2.17. The molecule has 0 aliphatic rings. The smallest absolute Gasteiger partial charge is 0.156 e. The van der Waals surface area contributed by atoms with Crippen molar-refractivity contribution in [3.8, 4) is 0 Å². The molecule has 0 radical (unpaired) electrons. The molecule has 1 unspecified atom stereocenters. The number of aliphatic hydroxyl groups excluding tert-OH is 1. The van der Waals surface area contributed by atoms with Crippen LogP contribution in [0.15, 0.2) is 5.38 Å². The summed E-state index contributed by atoms with van der Waals surface area (Å²) in [5, 5.41) is 11.7. The predicted octanol–water partition coefficient (Wildman–Crippen LogP) is 1.64. The summed E-state index contributed by atoms with van der Waals surface area (Å²) in [6.07, 6.45) is 1.92. The Balaban J connectivity index is 2.63. The van der Waals surface area contributed by atoms with Gasteiger partial charge in [0.25, 0.3) is 0 Å². The van der Waals surface area contributed by atoms with Gasteiger partial charge in [0, 0.05) is 12.0 Å². The molecular weight excluding hydrogens is 258 g/mol. The Hall–Kier alpha value is -0.460. The highest BCUT2D eigenvalue weighted by Crippen LogP contribution is 2.15. The van der Waals surface area contributed by atoms with Gasteiger partial charge < -0.3 is 5.11 Å². The maximum absolute atomic E-state index is 11.8. The summed E-state index contributed by atoms with van der Waals surface area (Å²) in [5.74, 6) is -0.212. The van der Waals surface area contributed by atoms with Crippen LogP contribution in [-0.4, -0.2) is 30.9 Å². The highest BCUT2D eigenvalue weighted by molar-refractivity contribution is 7.90. The van der Waals surface area contributed by atoms with Crippen LogP contribution in [-0.2, 0) is 22.0 Å². The number of aromatic nitrogens is 1. The Morgan fingerprint density at radius 3 is 2.82 bits per heavy atom. The molecule has 1 aromatic heterocycles. The second-order valence-corrected chi connectivity index (χ2v) is 7.38. The predicted molar refractivity (Wildman–Crippen MR) is 69.8 cm³/mol. The molecule has 0 bridgehead atoms. The Kier molecular flexibility index (Phi) is 5.55. The average molecular weight is 277 g/mol. The Morgan fingerprint density at radius 2 is 2.24 bits per heavy atom. The molecule has 6 heteroatoms. The van der Waals surface area contributed by atoms with E-state index >= 15 is 0 Å². The zero-order valence-corrected chi connectivity index (χ0v) is 11.9. The van der Waals surface area contributed by atoms with Gasteiger partial charge in [0.2, 0.25) is 0 Å². The molecular formula is C11H19NO3S2. The van der Waals surface area contributed by atoms with Crippen molar-refractivity contribution >= 4 is 21.2 Å². The minimum Gasteiger partial charge on any atom is -0.396 e. The maximum atomic E-state index is 11.8. The molecule has 0 fully saturated rings. The summed E-state index contributed by atoms with van der Waals surface area (Å²) in [6, 6.07) is 0. The number of rotatable bonds is 7. The van der Waals surface area contributed by atoms with Crippen LogP contribution in [0.1, 0.15) is 31.0 Å². The average Bonchev–Trinajstić information content (AvgIpc) is 2.64. The van der Waals surface area contributed by atoms with Gasteiger partial charge in [-0.2, -0.15) is 0 Å². The van der Waals surface area contributed by atoms with E-state index < -0.39 is 9.84 Å². The standard InChI is InChI=1S/C11H19NO3S2/c1-3-4-11-12-10(6-16-11)8-17(14,15)7-9(2)5-13/h6,9,13H,3-5,7-8H2,1-2H3. The number of thiazole rings is 1. The van der Waals surface area contributed by atoms with Gasteiger partial charge >= 0.3 is 0 Å². The second-order valence-electron chi connectivity index (χ2n) is 4.32. The van der Waals surface area contributed by atoms with Crippen molar-refractivity contribution in [3.05, 3.63) is 16.1 Å². The van der Waals surface area contributed by atoms with Crippen LogP contribution in [0.25, 0.3) is 0 Å². The number of aliphatic hydroxyl groups is 1. The molecule has 0 saturated carbocycles. The van der Waals surface area contributed by atoms with Crippen LogP contribution in [0.3, 0.4) is 0 Å². The van der Waals surface area contributed by atoms with Crippen LogP contribution < -0.4 is 0 Å².